The first kappa shape index (κ1) is 37.4. The van der Waals surface area contributed by atoms with Crippen LogP contribution in [0.15, 0.2) is 158 Å². The summed E-state index contributed by atoms with van der Waals surface area (Å²) in [6.07, 6.45) is 8.29. The van der Waals surface area contributed by atoms with Crippen LogP contribution in [0.2, 0.25) is 0 Å². The van der Waals surface area contributed by atoms with Crippen LogP contribution in [0, 0.1) is 24.6 Å². The molecule has 0 atom stereocenters. The molecule has 61 heavy (non-hydrogen) atoms. The molecule has 14 rings (SSSR count). The van der Waals surface area contributed by atoms with Gasteiger partial charge in [-0.3, -0.25) is 0 Å². The summed E-state index contributed by atoms with van der Waals surface area (Å²) < 4.78 is 14.9. The van der Waals surface area contributed by atoms with Crippen LogP contribution >= 0.6 is 0 Å². The first-order valence-corrected chi connectivity index (χ1v) is 22.1. The summed E-state index contributed by atoms with van der Waals surface area (Å²) in [7, 11) is 0. The van der Waals surface area contributed by atoms with Gasteiger partial charge >= 0.3 is 260 Å². The van der Waals surface area contributed by atoms with Crippen LogP contribution in [0.1, 0.15) is 39.1 Å². The second kappa shape index (κ2) is 15.1. The van der Waals surface area contributed by atoms with Gasteiger partial charge < -0.3 is 0 Å². The molecule has 0 spiro atoms. The average molecular weight is 973 g/mol. The van der Waals surface area contributed by atoms with Crippen molar-refractivity contribution in [3.05, 3.63) is 201 Å². The molecule has 0 radical (unpaired) electrons. The molecule has 0 N–H and O–H groups in total. The SMILES string of the molecule is Cc1cc(-n2c3cc(Oc4cccc(-n5cc6c7ccc(n6[c]5=[Pt])CCc5ccc(c(C)c5C)CC7)c4)ccc3c3nc(-c4ccccc4)ccc32)ncc1-c1ccccc1. The van der Waals surface area contributed by atoms with Gasteiger partial charge in [-0.25, -0.2) is 0 Å². The second-order valence-electron chi connectivity index (χ2n) is 16.2. The van der Waals surface area contributed by atoms with Gasteiger partial charge in [0.05, 0.1) is 5.69 Å². The number of fused-ring (bicyclic) bond motifs is 3. The molecule has 300 valence electrons. The standard InChI is InChI=1S/C54H43N5O.Pt/c1-35-29-53(55-32-48(35)40-11-6-4-7-12-40)59-50-28-27-49(41-13-8-5-9-14-41)56-54(50)47-26-25-46(31-51(47)59)60-45-16-10-15-44(30-45)57-33-52-42-20-19-38-17-18-39(37(3)36(38)2)21-23-43(24-22-42)58(52)34-57;/h4-18,22,24-33H,19-21,23H2,1-3H3;. The Labute approximate surface area is 365 Å². The normalized spacial score (nSPS) is 12.7. The number of aryl methyl sites for hydroxylation is 5. The Balaban J connectivity index is 0.986. The molecule has 5 aromatic heterocycles. The molecular weight excluding hydrogens is 930 g/mol. The average Bonchev–Trinajstić information content (AvgIpc) is 3.81. The molecule has 7 heterocycles. The zero-order valence-corrected chi connectivity index (χ0v) is 36.6. The van der Waals surface area contributed by atoms with Crippen molar-refractivity contribution < 1.29 is 24.1 Å². The number of benzene rings is 5. The van der Waals surface area contributed by atoms with Crippen LogP contribution < -0.4 is 4.74 Å². The molecule has 10 aromatic rings. The van der Waals surface area contributed by atoms with Crippen LogP contribution in [0.5, 0.6) is 11.5 Å². The van der Waals surface area contributed by atoms with E-state index in [-0.39, 0.29) is 0 Å². The van der Waals surface area contributed by atoms with E-state index in [9.17, 15) is 0 Å². The third-order valence-corrected chi connectivity index (χ3v) is 13.7. The minimum absolute atomic E-state index is 0.740. The van der Waals surface area contributed by atoms with Crippen molar-refractivity contribution in [3.8, 4) is 45.4 Å². The molecule has 6 nitrogen and oxygen atoms in total. The summed E-state index contributed by atoms with van der Waals surface area (Å²) in [5, 5.41) is 1.04. The number of imidazole rings is 1. The third-order valence-electron chi connectivity index (χ3n) is 12.7. The summed E-state index contributed by atoms with van der Waals surface area (Å²) in [5.41, 5.74) is 19.1. The number of nitrogens with zero attached hydrogens (tertiary/aromatic N) is 5. The molecule has 4 bridgehead atoms. The summed E-state index contributed by atoms with van der Waals surface area (Å²) in [5.74, 6) is 2.34. The number of hydrogen-bond acceptors (Lipinski definition) is 3. The van der Waals surface area contributed by atoms with Gasteiger partial charge in [0.15, 0.2) is 0 Å². The van der Waals surface area contributed by atoms with Crippen molar-refractivity contribution in [1.82, 2.24) is 23.5 Å². The first-order chi connectivity index (χ1) is 29.9. The van der Waals surface area contributed by atoms with Crippen LogP contribution in [-0.4, -0.2) is 23.5 Å². The third kappa shape index (κ3) is 6.58. The summed E-state index contributed by atoms with van der Waals surface area (Å²) in [6, 6.07) is 51.4. The van der Waals surface area contributed by atoms with E-state index in [1.165, 1.54) is 39.0 Å². The maximum atomic E-state index is 6.76. The Bertz CT molecular complexity index is 3400. The van der Waals surface area contributed by atoms with Gasteiger partial charge in [0, 0.05) is 17.3 Å². The maximum absolute atomic E-state index is 6.76. The summed E-state index contributed by atoms with van der Waals surface area (Å²) >= 11 is 2.50. The number of aromatic nitrogens is 5. The van der Waals surface area contributed by atoms with Crippen LogP contribution in [-0.2, 0) is 45.0 Å². The molecule has 0 fully saturated rings. The van der Waals surface area contributed by atoms with Gasteiger partial charge in [0.2, 0.25) is 0 Å². The van der Waals surface area contributed by atoms with Gasteiger partial charge in [0.1, 0.15) is 0 Å². The minimum atomic E-state index is 0.740. The van der Waals surface area contributed by atoms with Crippen molar-refractivity contribution >= 4 is 27.5 Å². The van der Waals surface area contributed by atoms with Gasteiger partial charge in [-0.05, 0) is 24.1 Å². The van der Waals surface area contributed by atoms with Crippen molar-refractivity contribution in [2.24, 2.45) is 0 Å². The molecule has 7 heteroatoms. The number of hydrogen-bond donors (Lipinski definition) is 0. The zero-order valence-electron chi connectivity index (χ0n) is 34.3. The van der Waals surface area contributed by atoms with Crippen molar-refractivity contribution in [2.75, 3.05) is 0 Å². The fourth-order valence-electron chi connectivity index (χ4n) is 9.22. The number of rotatable bonds is 6. The Kier molecular flexibility index (Phi) is 9.27. The van der Waals surface area contributed by atoms with E-state index < -0.39 is 0 Å². The molecule has 2 aliphatic carbocycles. The fraction of sp³-hybridized carbons (Fsp3) is 0.130. The number of ether oxygens (including phenoxy) is 1. The van der Waals surface area contributed by atoms with Gasteiger partial charge in [-0.2, -0.15) is 0 Å². The smallest absolute Gasteiger partial charge is 0.0622 e. The summed E-state index contributed by atoms with van der Waals surface area (Å²) in [6.45, 7) is 6.74. The molecule has 4 aliphatic rings. The fourth-order valence-corrected chi connectivity index (χ4v) is 10.3. The zero-order chi connectivity index (χ0) is 41.2. The predicted octanol–water partition coefficient (Wildman–Crippen LogP) is 12.6. The summed E-state index contributed by atoms with van der Waals surface area (Å²) in [4.78, 5) is 10.3. The Hall–Kier alpha value is -6.62. The molecule has 0 saturated heterocycles. The molecule has 2 aliphatic heterocycles. The van der Waals surface area contributed by atoms with E-state index in [2.05, 4.69) is 187 Å². The topological polar surface area (TPSA) is 49.3 Å². The van der Waals surface area contributed by atoms with Crippen molar-refractivity contribution in [1.29, 1.82) is 0 Å². The Morgan fingerprint density at radius 3 is 2.07 bits per heavy atom. The molecular formula is C54H43N5OPt. The van der Waals surface area contributed by atoms with Crippen LogP contribution in [0.25, 0.3) is 61.3 Å². The second-order valence-corrected chi connectivity index (χ2v) is 17.2. The molecule has 5 aromatic carbocycles. The van der Waals surface area contributed by atoms with E-state index >= 15 is 0 Å². The van der Waals surface area contributed by atoms with Gasteiger partial charge in [-0.15, -0.1) is 0 Å². The Morgan fingerprint density at radius 2 is 1.30 bits per heavy atom. The Morgan fingerprint density at radius 1 is 0.590 bits per heavy atom. The minimum Gasteiger partial charge on any atom is -0.0622 e. The van der Waals surface area contributed by atoms with Crippen molar-refractivity contribution in [3.63, 3.8) is 0 Å². The molecule has 0 saturated carbocycles. The quantitative estimate of drug-likeness (QED) is 0.167. The monoisotopic (exact) mass is 972 g/mol. The predicted molar refractivity (Wildman–Crippen MR) is 243 cm³/mol. The van der Waals surface area contributed by atoms with E-state index in [0.29, 0.717) is 0 Å². The van der Waals surface area contributed by atoms with Gasteiger partial charge in [-0.1, -0.05) is 60.7 Å². The van der Waals surface area contributed by atoms with E-state index in [1.54, 1.807) is 0 Å². The van der Waals surface area contributed by atoms with Crippen molar-refractivity contribution in [2.45, 2.75) is 46.5 Å². The molecule has 0 unspecified atom stereocenters. The van der Waals surface area contributed by atoms with E-state index in [4.69, 9.17) is 14.7 Å². The van der Waals surface area contributed by atoms with Crippen LogP contribution in [0.3, 0.4) is 0 Å². The van der Waals surface area contributed by atoms with E-state index in [1.807, 2.05) is 24.4 Å². The molecule has 0 amide bonds. The van der Waals surface area contributed by atoms with Crippen LogP contribution in [0.4, 0.5) is 0 Å². The van der Waals surface area contributed by atoms with E-state index in [0.717, 1.165) is 102 Å². The first-order valence-electron chi connectivity index (χ1n) is 21.0. The number of pyridine rings is 3. The van der Waals surface area contributed by atoms with Gasteiger partial charge in [0.25, 0.3) is 0 Å².